The van der Waals surface area contributed by atoms with Crippen LogP contribution < -0.4 is 24.3 Å². The maximum absolute atomic E-state index is 13.3. The SMILES string of the molecule is CCI.CCN1CC(S(=O)(=O)N(Cc2ccc(OC)cc2)Cc2ccc(OC)cc2)C1.COc1ccc(CN(Cc2ccc(OC)cc2)S(=O)(=O)C2CNC2)cc1. The average molecular weight is 937 g/mol. The van der Waals surface area contributed by atoms with Crippen molar-refractivity contribution >= 4 is 42.6 Å². The number of hydrogen-bond acceptors (Lipinski definition) is 10. The van der Waals surface area contributed by atoms with Crippen LogP contribution in [0.25, 0.3) is 0 Å². The normalized spacial score (nSPS) is 14.7. The van der Waals surface area contributed by atoms with E-state index in [1.807, 2.05) is 97.1 Å². The Balaban J connectivity index is 0.000000237. The maximum atomic E-state index is 13.3. The largest absolute Gasteiger partial charge is 0.497 e. The van der Waals surface area contributed by atoms with Gasteiger partial charge >= 0.3 is 0 Å². The van der Waals surface area contributed by atoms with Crippen molar-refractivity contribution in [2.45, 2.75) is 50.5 Å². The zero-order valence-corrected chi connectivity index (χ0v) is 37.6. The molecule has 312 valence electrons. The van der Waals surface area contributed by atoms with Crippen molar-refractivity contribution in [3.05, 3.63) is 119 Å². The van der Waals surface area contributed by atoms with Crippen molar-refractivity contribution in [3.8, 4) is 23.0 Å². The minimum Gasteiger partial charge on any atom is -0.497 e. The summed E-state index contributed by atoms with van der Waals surface area (Å²) in [6.45, 7) is 8.57. The molecule has 2 aliphatic rings. The van der Waals surface area contributed by atoms with Crippen LogP contribution in [-0.2, 0) is 46.2 Å². The third-order valence-electron chi connectivity index (χ3n) is 9.75. The number of benzene rings is 4. The highest BCUT2D eigenvalue weighted by Gasteiger charge is 2.40. The van der Waals surface area contributed by atoms with E-state index >= 15 is 0 Å². The standard InChI is InChI=1S/C21H28N2O4S.C19H24N2O4S.C2H5I/c1-4-22-15-21(16-22)28(24,25)23(13-17-5-9-19(26-2)10-6-17)14-18-7-11-20(27-3)12-8-18;1-24-17-7-3-15(4-8-17)13-21(26(22,23)19-11-20-12-19)14-16-5-9-18(25-2)10-6-16;1-2-3/h5-12,21H,4,13-16H2,1-3H3;3-10,19-20H,11-14H2,1-2H3;2H2,1H3. The first kappa shape index (κ1) is 46.2. The average Bonchev–Trinajstić information content (AvgIpc) is 3.17. The lowest BCUT2D eigenvalue weighted by Gasteiger charge is -2.40. The molecule has 57 heavy (non-hydrogen) atoms. The molecule has 0 radical (unpaired) electrons. The maximum Gasteiger partial charge on any atom is 0.220 e. The van der Waals surface area contributed by atoms with Crippen molar-refractivity contribution in [2.24, 2.45) is 0 Å². The van der Waals surface area contributed by atoms with Gasteiger partial charge in [-0.15, -0.1) is 0 Å². The number of likely N-dealkylation sites (tertiary alicyclic amines) is 1. The first-order chi connectivity index (χ1) is 27.4. The number of nitrogens with zero attached hydrogens (tertiary/aromatic N) is 3. The predicted molar refractivity (Wildman–Crippen MR) is 235 cm³/mol. The van der Waals surface area contributed by atoms with Crippen molar-refractivity contribution in [1.82, 2.24) is 18.8 Å². The first-order valence-corrected chi connectivity index (χ1v) is 23.4. The molecule has 0 aliphatic carbocycles. The van der Waals surface area contributed by atoms with Crippen molar-refractivity contribution < 1.29 is 35.8 Å². The van der Waals surface area contributed by atoms with Gasteiger partial charge in [0.1, 0.15) is 33.5 Å². The Morgan fingerprint density at radius 1 is 0.544 bits per heavy atom. The number of nitrogens with one attached hydrogen (secondary N) is 1. The zero-order valence-electron chi connectivity index (χ0n) is 33.8. The Hall–Kier alpha value is -3.45. The Morgan fingerprint density at radius 2 is 0.807 bits per heavy atom. The van der Waals surface area contributed by atoms with Gasteiger partial charge in [0.25, 0.3) is 0 Å². The number of alkyl halides is 1. The van der Waals surface area contributed by atoms with Crippen LogP contribution in [0.15, 0.2) is 97.1 Å². The molecule has 6 rings (SSSR count). The quantitative estimate of drug-likeness (QED) is 0.0969. The molecular formula is C42H57IN4O8S2. The van der Waals surface area contributed by atoms with E-state index in [4.69, 9.17) is 18.9 Å². The second-order valence-electron chi connectivity index (χ2n) is 13.5. The van der Waals surface area contributed by atoms with E-state index in [9.17, 15) is 16.8 Å². The van der Waals surface area contributed by atoms with Crippen molar-refractivity contribution in [2.75, 3.05) is 65.6 Å². The van der Waals surface area contributed by atoms with Gasteiger partial charge in [0.2, 0.25) is 20.0 Å². The number of hydrogen-bond donors (Lipinski definition) is 1. The first-order valence-electron chi connectivity index (χ1n) is 18.9. The lowest BCUT2D eigenvalue weighted by atomic mass is 10.2. The van der Waals surface area contributed by atoms with E-state index in [-0.39, 0.29) is 10.5 Å². The molecule has 2 heterocycles. The van der Waals surface area contributed by atoms with Crippen LogP contribution in [0.4, 0.5) is 0 Å². The highest BCUT2D eigenvalue weighted by Crippen LogP contribution is 2.26. The lowest BCUT2D eigenvalue weighted by molar-refractivity contribution is 0.189. The van der Waals surface area contributed by atoms with Gasteiger partial charge in [-0.3, -0.25) is 0 Å². The van der Waals surface area contributed by atoms with Crippen LogP contribution in [0.3, 0.4) is 0 Å². The van der Waals surface area contributed by atoms with Crippen LogP contribution >= 0.6 is 22.6 Å². The van der Waals surface area contributed by atoms with Crippen LogP contribution in [0.1, 0.15) is 36.1 Å². The molecule has 12 nitrogen and oxygen atoms in total. The van der Waals surface area contributed by atoms with Crippen LogP contribution in [-0.4, -0.2) is 106 Å². The van der Waals surface area contributed by atoms with Gasteiger partial charge in [-0.1, -0.05) is 85.0 Å². The smallest absolute Gasteiger partial charge is 0.220 e. The Labute approximate surface area is 353 Å². The summed E-state index contributed by atoms with van der Waals surface area (Å²) in [5.41, 5.74) is 3.72. The van der Waals surface area contributed by atoms with E-state index in [2.05, 4.69) is 46.7 Å². The van der Waals surface area contributed by atoms with E-state index in [0.29, 0.717) is 52.4 Å². The number of methoxy groups -OCH3 is 4. The molecule has 15 heteroatoms. The van der Waals surface area contributed by atoms with E-state index < -0.39 is 20.0 Å². The van der Waals surface area contributed by atoms with Gasteiger partial charge < -0.3 is 29.2 Å². The molecule has 4 aromatic rings. The van der Waals surface area contributed by atoms with Gasteiger partial charge in [0, 0.05) is 52.4 Å². The van der Waals surface area contributed by atoms with Crippen LogP contribution in [0.5, 0.6) is 23.0 Å². The second kappa shape index (κ2) is 22.6. The summed E-state index contributed by atoms with van der Waals surface area (Å²) in [6.07, 6.45) is 0. The third-order valence-corrected chi connectivity index (χ3v) is 14.0. The van der Waals surface area contributed by atoms with Crippen LogP contribution in [0.2, 0.25) is 0 Å². The number of sulfonamides is 2. The third kappa shape index (κ3) is 13.3. The minimum absolute atomic E-state index is 0.328. The summed E-state index contributed by atoms with van der Waals surface area (Å²) < 4.78 is 77.7. The molecular weight excluding hydrogens is 880 g/mol. The zero-order chi connectivity index (χ0) is 41.4. The van der Waals surface area contributed by atoms with E-state index in [1.54, 1.807) is 37.0 Å². The predicted octanol–water partition coefficient (Wildman–Crippen LogP) is 6.19. The molecule has 0 saturated carbocycles. The Kier molecular flexibility index (Phi) is 18.4. The molecule has 0 atom stereocenters. The molecule has 2 aliphatic heterocycles. The summed E-state index contributed by atoms with van der Waals surface area (Å²) in [7, 11) is -0.336. The number of rotatable bonds is 17. The molecule has 0 bridgehead atoms. The number of halogens is 1. The summed E-state index contributed by atoms with van der Waals surface area (Å²) in [5.74, 6) is 3.01. The molecule has 0 aromatic heterocycles. The fourth-order valence-electron chi connectivity index (χ4n) is 6.07. The number of ether oxygens (including phenoxy) is 4. The van der Waals surface area contributed by atoms with Crippen molar-refractivity contribution in [3.63, 3.8) is 0 Å². The van der Waals surface area contributed by atoms with Crippen molar-refractivity contribution in [1.29, 1.82) is 0 Å². The van der Waals surface area contributed by atoms with Gasteiger partial charge in [-0.2, -0.15) is 8.61 Å². The Morgan fingerprint density at radius 3 is 1.02 bits per heavy atom. The topological polar surface area (TPSA) is 127 Å². The molecule has 2 saturated heterocycles. The van der Waals surface area contributed by atoms with Gasteiger partial charge in [-0.25, -0.2) is 16.8 Å². The molecule has 0 spiro atoms. The van der Waals surface area contributed by atoms with Gasteiger partial charge in [0.15, 0.2) is 0 Å². The van der Waals surface area contributed by atoms with E-state index in [0.717, 1.165) is 51.8 Å². The lowest BCUT2D eigenvalue weighted by Crippen LogP contribution is -2.57. The Bertz CT molecular complexity index is 1890. The fourth-order valence-corrected chi connectivity index (χ4v) is 9.69. The second-order valence-corrected chi connectivity index (χ2v) is 19.5. The summed E-state index contributed by atoms with van der Waals surface area (Å²) in [4.78, 5) is 2.14. The molecule has 0 unspecified atom stereocenters. The summed E-state index contributed by atoms with van der Waals surface area (Å²) >= 11 is 2.29. The molecule has 1 N–H and O–H groups in total. The van der Waals surface area contributed by atoms with Crippen LogP contribution in [0, 0.1) is 0 Å². The molecule has 0 amide bonds. The molecule has 2 fully saturated rings. The monoisotopic (exact) mass is 936 g/mol. The molecule has 4 aromatic carbocycles. The fraction of sp³-hybridized carbons (Fsp3) is 0.429. The minimum atomic E-state index is -3.41. The highest BCUT2D eigenvalue weighted by atomic mass is 127. The van der Waals surface area contributed by atoms with Gasteiger partial charge in [0.05, 0.1) is 28.4 Å². The van der Waals surface area contributed by atoms with E-state index in [1.165, 1.54) is 4.43 Å². The summed E-state index contributed by atoms with van der Waals surface area (Å²) in [5, 5.41) is 2.34. The van der Waals surface area contributed by atoms with Gasteiger partial charge in [-0.05, 0) is 81.8 Å². The summed E-state index contributed by atoms with van der Waals surface area (Å²) in [6, 6.07) is 30.0. The highest BCUT2D eigenvalue weighted by molar-refractivity contribution is 14.1.